The van der Waals surface area contributed by atoms with Gasteiger partial charge in [-0.15, -0.1) is 0 Å². The molecule has 0 spiro atoms. The zero-order valence-electron chi connectivity index (χ0n) is 18.4. The fraction of sp³-hybridized carbons (Fsp3) is 0.250. The second kappa shape index (κ2) is 9.89. The van der Waals surface area contributed by atoms with Crippen molar-refractivity contribution in [1.82, 2.24) is 4.98 Å². The number of carbonyl (C=O) groups excluding carboxylic acids is 1. The summed E-state index contributed by atoms with van der Waals surface area (Å²) in [5.74, 6) is -0.367. The van der Waals surface area contributed by atoms with Crippen LogP contribution in [0.25, 0.3) is 0 Å². The van der Waals surface area contributed by atoms with E-state index in [2.05, 4.69) is 10.3 Å². The molecule has 2 aromatic carbocycles. The Morgan fingerprint density at radius 2 is 1.82 bits per heavy atom. The van der Waals surface area contributed by atoms with Crippen LogP contribution in [0.4, 0.5) is 10.1 Å². The maximum atomic E-state index is 13.3. The molecule has 0 saturated carbocycles. The van der Waals surface area contributed by atoms with E-state index in [0.29, 0.717) is 22.7 Å². The molecule has 0 atom stereocenters. The molecule has 0 aliphatic heterocycles. The topological polar surface area (TPSA) is 85.4 Å². The van der Waals surface area contributed by atoms with E-state index in [9.17, 15) is 17.6 Å². The summed E-state index contributed by atoms with van der Waals surface area (Å²) in [7, 11) is -3.28. The van der Waals surface area contributed by atoms with Crippen LogP contribution < -0.4 is 10.1 Å². The standard InChI is InChI=1S/C24H24ClFN2O4S/c1-4-33(30,31)19-9-5-16(6-10-19)13-22(29)28-18-8-12-23(27-15-18)32-24(2,3)20-11-7-17(26)14-21(20)25/h5-12,14-15H,4,13H2,1-3H3,(H,28,29). The number of pyridine rings is 1. The van der Waals surface area contributed by atoms with Gasteiger partial charge in [0.1, 0.15) is 11.4 Å². The second-order valence-electron chi connectivity index (χ2n) is 7.89. The Morgan fingerprint density at radius 1 is 1.12 bits per heavy atom. The van der Waals surface area contributed by atoms with E-state index in [1.807, 2.05) is 0 Å². The van der Waals surface area contributed by atoms with E-state index >= 15 is 0 Å². The number of anilines is 1. The molecule has 1 heterocycles. The van der Waals surface area contributed by atoms with Crippen molar-refractivity contribution in [2.24, 2.45) is 0 Å². The third kappa shape index (κ3) is 6.30. The number of sulfone groups is 1. The Labute approximate surface area is 197 Å². The molecule has 3 aromatic rings. The number of benzene rings is 2. The van der Waals surface area contributed by atoms with Crippen molar-refractivity contribution in [3.63, 3.8) is 0 Å². The summed E-state index contributed by atoms with van der Waals surface area (Å²) < 4.78 is 43.0. The minimum absolute atomic E-state index is 0.0215. The molecular formula is C24H24ClFN2O4S. The van der Waals surface area contributed by atoms with Gasteiger partial charge in [-0.1, -0.05) is 36.7 Å². The van der Waals surface area contributed by atoms with Gasteiger partial charge in [-0.05, 0) is 49.7 Å². The third-order valence-electron chi connectivity index (χ3n) is 4.99. The Balaban J connectivity index is 1.61. The Morgan fingerprint density at radius 3 is 2.39 bits per heavy atom. The number of hydrogen-bond acceptors (Lipinski definition) is 5. The van der Waals surface area contributed by atoms with Crippen LogP contribution in [0.3, 0.4) is 0 Å². The maximum Gasteiger partial charge on any atom is 0.228 e. The van der Waals surface area contributed by atoms with E-state index in [-0.39, 0.29) is 28.0 Å². The van der Waals surface area contributed by atoms with Gasteiger partial charge in [-0.3, -0.25) is 4.79 Å². The van der Waals surface area contributed by atoms with E-state index in [4.69, 9.17) is 16.3 Å². The van der Waals surface area contributed by atoms with Crippen LogP contribution in [0.1, 0.15) is 31.9 Å². The number of halogens is 2. The van der Waals surface area contributed by atoms with Crippen LogP contribution in [-0.2, 0) is 26.7 Å². The lowest BCUT2D eigenvalue weighted by Gasteiger charge is -2.27. The molecule has 0 saturated heterocycles. The lowest BCUT2D eigenvalue weighted by atomic mass is 9.98. The van der Waals surface area contributed by atoms with Crippen LogP contribution in [0.5, 0.6) is 5.88 Å². The van der Waals surface area contributed by atoms with Gasteiger partial charge >= 0.3 is 0 Å². The van der Waals surface area contributed by atoms with Gasteiger partial charge in [-0.25, -0.2) is 17.8 Å². The van der Waals surface area contributed by atoms with Gasteiger partial charge in [0.25, 0.3) is 0 Å². The van der Waals surface area contributed by atoms with Crippen LogP contribution in [0.2, 0.25) is 5.02 Å². The lowest BCUT2D eigenvalue weighted by Crippen LogP contribution is -2.26. The first-order chi connectivity index (χ1) is 15.5. The highest BCUT2D eigenvalue weighted by molar-refractivity contribution is 7.91. The molecule has 0 aliphatic rings. The van der Waals surface area contributed by atoms with E-state index in [1.165, 1.54) is 30.5 Å². The first kappa shape index (κ1) is 24.7. The molecule has 1 aromatic heterocycles. The molecule has 6 nitrogen and oxygen atoms in total. The average molecular weight is 491 g/mol. The highest BCUT2D eigenvalue weighted by Gasteiger charge is 2.26. The number of nitrogens with zero attached hydrogens (tertiary/aromatic N) is 1. The summed E-state index contributed by atoms with van der Waals surface area (Å²) in [6, 6.07) is 13.6. The van der Waals surface area contributed by atoms with Gasteiger partial charge in [0.2, 0.25) is 11.8 Å². The Hall–Kier alpha value is -2.97. The van der Waals surface area contributed by atoms with E-state index < -0.39 is 21.3 Å². The predicted octanol–water partition coefficient (Wildman–Crippen LogP) is 5.16. The van der Waals surface area contributed by atoms with E-state index in [1.54, 1.807) is 51.1 Å². The minimum Gasteiger partial charge on any atom is -0.467 e. The lowest BCUT2D eigenvalue weighted by molar-refractivity contribution is -0.115. The first-order valence-electron chi connectivity index (χ1n) is 10.2. The average Bonchev–Trinajstić information content (AvgIpc) is 2.75. The van der Waals surface area contributed by atoms with Crippen molar-refractivity contribution in [3.8, 4) is 5.88 Å². The van der Waals surface area contributed by atoms with Crippen LogP contribution in [0, 0.1) is 5.82 Å². The molecule has 3 rings (SSSR count). The molecule has 0 unspecified atom stereocenters. The normalized spacial score (nSPS) is 11.8. The number of ether oxygens (including phenoxy) is 1. The second-order valence-corrected chi connectivity index (χ2v) is 10.6. The van der Waals surface area contributed by atoms with Crippen molar-refractivity contribution in [1.29, 1.82) is 0 Å². The molecule has 33 heavy (non-hydrogen) atoms. The van der Waals surface area contributed by atoms with Crippen molar-refractivity contribution in [2.75, 3.05) is 11.1 Å². The van der Waals surface area contributed by atoms with Crippen molar-refractivity contribution >= 4 is 33.0 Å². The predicted molar refractivity (Wildman–Crippen MR) is 126 cm³/mol. The summed E-state index contributed by atoms with van der Waals surface area (Å²) in [5.41, 5.74) is 0.922. The van der Waals surface area contributed by atoms with Gasteiger partial charge < -0.3 is 10.1 Å². The van der Waals surface area contributed by atoms with Crippen molar-refractivity contribution in [3.05, 3.63) is 82.8 Å². The Bertz CT molecular complexity index is 1240. The SMILES string of the molecule is CCS(=O)(=O)c1ccc(CC(=O)Nc2ccc(OC(C)(C)c3ccc(F)cc3Cl)nc2)cc1. The number of amides is 1. The van der Waals surface area contributed by atoms with Crippen LogP contribution >= 0.6 is 11.6 Å². The van der Waals surface area contributed by atoms with Crippen LogP contribution in [-0.4, -0.2) is 25.1 Å². The highest BCUT2D eigenvalue weighted by Crippen LogP contribution is 2.32. The molecule has 1 N–H and O–H groups in total. The monoisotopic (exact) mass is 490 g/mol. The number of hydrogen-bond donors (Lipinski definition) is 1. The fourth-order valence-electron chi connectivity index (χ4n) is 3.18. The summed E-state index contributed by atoms with van der Waals surface area (Å²) in [5, 5.41) is 3.00. The van der Waals surface area contributed by atoms with Gasteiger partial charge in [-0.2, -0.15) is 0 Å². The molecule has 174 valence electrons. The molecule has 0 aliphatic carbocycles. The maximum absolute atomic E-state index is 13.3. The molecular weight excluding hydrogens is 467 g/mol. The van der Waals surface area contributed by atoms with Gasteiger partial charge in [0, 0.05) is 11.6 Å². The first-order valence-corrected chi connectivity index (χ1v) is 12.3. The molecule has 0 radical (unpaired) electrons. The molecule has 0 bridgehead atoms. The molecule has 9 heteroatoms. The molecule has 1 amide bonds. The minimum atomic E-state index is -3.28. The number of carbonyl (C=O) groups is 1. The van der Waals surface area contributed by atoms with Gasteiger partial charge in [0.05, 0.1) is 34.0 Å². The third-order valence-corrected chi connectivity index (χ3v) is 7.05. The van der Waals surface area contributed by atoms with Crippen molar-refractivity contribution < 1.29 is 22.3 Å². The quantitative estimate of drug-likeness (QED) is 0.471. The smallest absolute Gasteiger partial charge is 0.228 e. The fourth-order valence-corrected chi connectivity index (χ4v) is 4.46. The number of aromatic nitrogens is 1. The summed E-state index contributed by atoms with van der Waals surface area (Å²) >= 11 is 6.15. The molecule has 0 fully saturated rings. The summed E-state index contributed by atoms with van der Waals surface area (Å²) in [6.07, 6.45) is 1.55. The summed E-state index contributed by atoms with van der Waals surface area (Å²) in [6.45, 7) is 5.17. The zero-order valence-corrected chi connectivity index (χ0v) is 20.0. The van der Waals surface area contributed by atoms with Crippen molar-refractivity contribution in [2.45, 2.75) is 37.7 Å². The van der Waals surface area contributed by atoms with E-state index in [0.717, 1.165) is 0 Å². The van der Waals surface area contributed by atoms with Crippen LogP contribution in [0.15, 0.2) is 65.7 Å². The van der Waals surface area contributed by atoms with Gasteiger partial charge in [0.15, 0.2) is 9.84 Å². The Kier molecular flexibility index (Phi) is 7.39. The number of rotatable bonds is 8. The largest absolute Gasteiger partial charge is 0.467 e. The highest BCUT2D eigenvalue weighted by atomic mass is 35.5. The number of nitrogens with one attached hydrogen (secondary N) is 1. The zero-order chi connectivity index (χ0) is 24.2. The summed E-state index contributed by atoms with van der Waals surface area (Å²) in [4.78, 5) is 16.8.